The summed E-state index contributed by atoms with van der Waals surface area (Å²) in [6.45, 7) is 1.45. The molecule has 19 heavy (non-hydrogen) atoms. The Balaban J connectivity index is 0.00000324. The van der Waals surface area contributed by atoms with Gasteiger partial charge in [0.25, 0.3) is 0 Å². The lowest BCUT2D eigenvalue weighted by molar-refractivity contribution is -0.118. The van der Waals surface area contributed by atoms with Gasteiger partial charge in [0.1, 0.15) is 0 Å². The molecule has 0 saturated heterocycles. The number of rotatable bonds is 7. The third kappa shape index (κ3) is 7.34. The van der Waals surface area contributed by atoms with Crippen molar-refractivity contribution >= 4 is 30.1 Å². The van der Waals surface area contributed by atoms with Crippen LogP contribution in [0.3, 0.4) is 0 Å². The Hall–Kier alpha value is -0.850. The highest BCUT2D eigenvalue weighted by Gasteiger charge is 2.05. The molecule has 1 aromatic rings. The van der Waals surface area contributed by atoms with E-state index in [2.05, 4.69) is 10.6 Å². The molecule has 0 aromatic heterocycles. The first-order valence-electron chi connectivity index (χ1n) is 5.62. The van der Waals surface area contributed by atoms with Crippen molar-refractivity contribution in [2.45, 2.75) is 11.3 Å². The molecule has 0 fully saturated rings. The Labute approximate surface area is 121 Å². The van der Waals surface area contributed by atoms with Crippen molar-refractivity contribution in [2.75, 3.05) is 25.9 Å². The fourth-order valence-electron chi connectivity index (χ4n) is 1.26. The van der Waals surface area contributed by atoms with Gasteiger partial charge in [-0.1, -0.05) is 0 Å². The molecule has 0 aliphatic carbocycles. The molecule has 0 unspecified atom stereocenters. The standard InChI is InChI=1S/C12H16F2N2OS.ClH/c1-15-5-2-6-16-12(17)8-18-9-3-4-10(13)11(14)7-9;/h3-4,7,15H,2,5-6,8H2,1H3,(H,16,17);1H. The van der Waals surface area contributed by atoms with Crippen LogP contribution in [0.1, 0.15) is 6.42 Å². The van der Waals surface area contributed by atoms with Crippen LogP contribution in [0.25, 0.3) is 0 Å². The molecule has 1 rings (SSSR count). The van der Waals surface area contributed by atoms with Gasteiger partial charge in [0.05, 0.1) is 5.75 Å². The van der Waals surface area contributed by atoms with Crippen LogP contribution < -0.4 is 10.6 Å². The zero-order valence-electron chi connectivity index (χ0n) is 10.5. The first-order valence-corrected chi connectivity index (χ1v) is 6.61. The van der Waals surface area contributed by atoms with Gasteiger partial charge >= 0.3 is 0 Å². The number of carbonyl (C=O) groups excluding carboxylic acids is 1. The highest BCUT2D eigenvalue weighted by molar-refractivity contribution is 8.00. The highest BCUT2D eigenvalue weighted by atomic mass is 35.5. The van der Waals surface area contributed by atoms with Crippen molar-refractivity contribution in [3.05, 3.63) is 29.8 Å². The fourth-order valence-corrected chi connectivity index (χ4v) is 2.01. The first kappa shape index (κ1) is 18.1. The maximum absolute atomic E-state index is 12.9. The van der Waals surface area contributed by atoms with Crippen LogP contribution in [0, 0.1) is 11.6 Å². The molecule has 0 aliphatic rings. The van der Waals surface area contributed by atoms with Gasteiger partial charge in [-0.25, -0.2) is 8.78 Å². The molecule has 0 saturated carbocycles. The van der Waals surface area contributed by atoms with E-state index in [1.807, 2.05) is 7.05 Å². The topological polar surface area (TPSA) is 41.1 Å². The smallest absolute Gasteiger partial charge is 0.230 e. The average molecular weight is 311 g/mol. The molecule has 0 spiro atoms. The van der Waals surface area contributed by atoms with Crippen molar-refractivity contribution < 1.29 is 13.6 Å². The van der Waals surface area contributed by atoms with Gasteiger partial charge < -0.3 is 10.6 Å². The molecule has 0 aliphatic heterocycles. The van der Waals surface area contributed by atoms with E-state index >= 15 is 0 Å². The Bertz CT molecular complexity index is 407. The summed E-state index contributed by atoms with van der Waals surface area (Å²) < 4.78 is 25.6. The van der Waals surface area contributed by atoms with E-state index in [4.69, 9.17) is 0 Å². The third-order valence-electron chi connectivity index (χ3n) is 2.19. The molecule has 108 valence electrons. The van der Waals surface area contributed by atoms with Gasteiger partial charge in [0, 0.05) is 11.4 Å². The summed E-state index contributed by atoms with van der Waals surface area (Å²) in [5.41, 5.74) is 0. The number of carbonyl (C=O) groups is 1. The minimum atomic E-state index is -0.894. The molecule has 0 atom stereocenters. The van der Waals surface area contributed by atoms with Crippen molar-refractivity contribution in [1.29, 1.82) is 0 Å². The normalized spacial score (nSPS) is 9.84. The summed E-state index contributed by atoms with van der Waals surface area (Å²) in [6.07, 6.45) is 0.859. The second kappa shape index (κ2) is 10.00. The number of halogens is 3. The molecular formula is C12H17ClF2N2OS. The van der Waals surface area contributed by atoms with Crippen molar-refractivity contribution in [3.63, 3.8) is 0 Å². The highest BCUT2D eigenvalue weighted by Crippen LogP contribution is 2.19. The van der Waals surface area contributed by atoms with Gasteiger partial charge in [-0.3, -0.25) is 4.79 Å². The van der Waals surface area contributed by atoms with Crippen LogP contribution in [0.2, 0.25) is 0 Å². The Morgan fingerprint density at radius 2 is 2.00 bits per heavy atom. The van der Waals surface area contributed by atoms with Crippen LogP contribution in [-0.4, -0.2) is 31.8 Å². The molecule has 1 aromatic carbocycles. The molecule has 0 heterocycles. The largest absolute Gasteiger partial charge is 0.355 e. The lowest BCUT2D eigenvalue weighted by Crippen LogP contribution is -2.27. The summed E-state index contributed by atoms with van der Waals surface area (Å²) in [6, 6.07) is 3.61. The monoisotopic (exact) mass is 310 g/mol. The number of benzene rings is 1. The van der Waals surface area contributed by atoms with Crippen LogP contribution in [0.15, 0.2) is 23.1 Å². The van der Waals surface area contributed by atoms with Gasteiger partial charge in [-0.15, -0.1) is 24.2 Å². The van der Waals surface area contributed by atoms with Gasteiger partial charge in [-0.2, -0.15) is 0 Å². The molecule has 7 heteroatoms. The minimum absolute atomic E-state index is 0. The van der Waals surface area contributed by atoms with E-state index in [-0.39, 0.29) is 24.1 Å². The Kier molecular flexibility index (Phi) is 9.55. The third-order valence-corrected chi connectivity index (χ3v) is 3.18. The minimum Gasteiger partial charge on any atom is -0.355 e. The number of nitrogens with one attached hydrogen (secondary N) is 2. The SMILES string of the molecule is CNCCCNC(=O)CSc1ccc(F)c(F)c1.Cl. The van der Waals surface area contributed by atoms with Gasteiger partial charge in [0.15, 0.2) is 11.6 Å². The van der Waals surface area contributed by atoms with E-state index in [0.29, 0.717) is 11.4 Å². The van der Waals surface area contributed by atoms with Crippen molar-refractivity contribution in [3.8, 4) is 0 Å². The quantitative estimate of drug-likeness (QED) is 0.599. The molecule has 0 bridgehead atoms. The van der Waals surface area contributed by atoms with E-state index < -0.39 is 11.6 Å². The fraction of sp³-hybridized carbons (Fsp3) is 0.417. The van der Waals surface area contributed by atoms with E-state index in [1.54, 1.807) is 0 Å². The van der Waals surface area contributed by atoms with Crippen LogP contribution in [0.5, 0.6) is 0 Å². The number of hydrogen-bond acceptors (Lipinski definition) is 3. The molecule has 1 amide bonds. The van der Waals surface area contributed by atoms with Crippen molar-refractivity contribution in [1.82, 2.24) is 10.6 Å². The second-order valence-corrected chi connectivity index (χ2v) is 4.72. The van der Waals surface area contributed by atoms with Crippen LogP contribution in [-0.2, 0) is 4.79 Å². The predicted molar refractivity (Wildman–Crippen MR) is 75.9 cm³/mol. The lowest BCUT2D eigenvalue weighted by atomic mass is 10.3. The summed E-state index contributed by atoms with van der Waals surface area (Å²) in [7, 11) is 1.85. The van der Waals surface area contributed by atoms with E-state index in [1.165, 1.54) is 17.8 Å². The Morgan fingerprint density at radius 3 is 2.63 bits per heavy atom. The van der Waals surface area contributed by atoms with Gasteiger partial charge in [-0.05, 0) is 38.2 Å². The second-order valence-electron chi connectivity index (χ2n) is 3.67. The number of amides is 1. The summed E-state index contributed by atoms with van der Waals surface area (Å²) in [5.74, 6) is -1.68. The predicted octanol–water partition coefficient (Wildman–Crippen LogP) is 2.20. The van der Waals surface area contributed by atoms with Crippen molar-refractivity contribution in [2.24, 2.45) is 0 Å². The number of hydrogen-bond donors (Lipinski definition) is 2. The summed E-state index contributed by atoms with van der Waals surface area (Å²) in [5, 5.41) is 5.72. The average Bonchev–Trinajstić information content (AvgIpc) is 2.36. The summed E-state index contributed by atoms with van der Waals surface area (Å²) >= 11 is 1.18. The maximum atomic E-state index is 12.9. The molecule has 3 nitrogen and oxygen atoms in total. The molecule has 0 radical (unpaired) electrons. The van der Waals surface area contributed by atoms with Crippen LogP contribution in [0.4, 0.5) is 8.78 Å². The van der Waals surface area contributed by atoms with Gasteiger partial charge in [0.2, 0.25) is 5.91 Å². The maximum Gasteiger partial charge on any atom is 0.230 e. The number of thioether (sulfide) groups is 1. The van der Waals surface area contributed by atoms with E-state index in [0.717, 1.165) is 25.1 Å². The zero-order valence-corrected chi connectivity index (χ0v) is 12.2. The first-order chi connectivity index (χ1) is 8.63. The molecular weight excluding hydrogens is 294 g/mol. The Morgan fingerprint density at radius 1 is 1.26 bits per heavy atom. The van der Waals surface area contributed by atoms with Crippen LogP contribution >= 0.6 is 24.2 Å². The summed E-state index contributed by atoms with van der Waals surface area (Å²) in [4.78, 5) is 12.0. The van der Waals surface area contributed by atoms with E-state index in [9.17, 15) is 13.6 Å². The lowest BCUT2D eigenvalue weighted by Gasteiger charge is -2.05. The molecule has 2 N–H and O–H groups in total. The zero-order chi connectivity index (χ0) is 13.4.